The van der Waals surface area contributed by atoms with E-state index in [1.54, 1.807) is 4.90 Å². The van der Waals surface area contributed by atoms with Crippen molar-refractivity contribution in [2.45, 2.75) is 32.0 Å². The van der Waals surface area contributed by atoms with Crippen LogP contribution in [-0.4, -0.2) is 63.9 Å². The fourth-order valence-corrected chi connectivity index (χ4v) is 6.09. The molecule has 4 heterocycles. The van der Waals surface area contributed by atoms with E-state index in [1.165, 1.54) is 5.56 Å². The van der Waals surface area contributed by atoms with E-state index in [-0.39, 0.29) is 30.4 Å². The minimum Gasteiger partial charge on any atom is -0.481 e. The molecule has 3 aliphatic heterocycles. The van der Waals surface area contributed by atoms with E-state index in [4.69, 9.17) is 0 Å². The van der Waals surface area contributed by atoms with Gasteiger partial charge in [-0.25, -0.2) is 0 Å². The van der Waals surface area contributed by atoms with Crippen LogP contribution in [-0.2, 0) is 22.6 Å². The van der Waals surface area contributed by atoms with E-state index < -0.39 is 5.97 Å². The lowest BCUT2D eigenvalue weighted by Crippen LogP contribution is -2.52. The maximum atomic E-state index is 13.5. The van der Waals surface area contributed by atoms with Crippen LogP contribution in [0, 0.1) is 5.92 Å². The molecule has 35 heavy (non-hydrogen) atoms. The fraction of sp³-hybridized carbons (Fsp3) is 0.370. The Labute approximate surface area is 203 Å². The number of carboxylic acid groups (broad SMARTS) is 1. The van der Waals surface area contributed by atoms with Gasteiger partial charge in [0, 0.05) is 37.6 Å². The van der Waals surface area contributed by atoms with Crippen LogP contribution in [0.3, 0.4) is 0 Å². The first-order valence-corrected chi connectivity index (χ1v) is 12.2. The molecule has 1 saturated heterocycles. The Bertz CT molecular complexity index is 1350. The second-order valence-electron chi connectivity index (χ2n) is 9.71. The number of para-hydroxylation sites is 2. The summed E-state index contributed by atoms with van der Waals surface area (Å²) in [5, 5.41) is 10.4. The van der Waals surface area contributed by atoms with Crippen molar-refractivity contribution < 1.29 is 19.5 Å². The number of aromatic nitrogens is 1. The van der Waals surface area contributed by atoms with Gasteiger partial charge in [-0.2, -0.15) is 0 Å². The summed E-state index contributed by atoms with van der Waals surface area (Å²) < 4.78 is 2.09. The van der Waals surface area contributed by atoms with Gasteiger partial charge in [-0.3, -0.25) is 14.4 Å². The van der Waals surface area contributed by atoms with Gasteiger partial charge >= 0.3 is 5.97 Å². The zero-order valence-corrected chi connectivity index (χ0v) is 19.7. The number of anilines is 1. The van der Waals surface area contributed by atoms with Gasteiger partial charge in [-0.05, 0) is 43.0 Å². The molecule has 0 bridgehead atoms. The number of carbonyl (C=O) groups is 3. The highest BCUT2D eigenvalue weighted by Gasteiger charge is 2.43. The Morgan fingerprint density at radius 3 is 2.49 bits per heavy atom. The molecule has 2 amide bonds. The van der Waals surface area contributed by atoms with E-state index in [2.05, 4.69) is 15.5 Å². The Kier molecular flexibility index (Phi) is 5.05. The molecule has 1 fully saturated rings. The van der Waals surface area contributed by atoms with Gasteiger partial charge in [0.25, 0.3) is 5.91 Å². The SMILES string of the molecule is CN1c2ccccc2C(=O)N2CCc3c(n(CC(=O)N4CCC(C(=O)O)CC4)c4ccccc34)C21. The number of likely N-dealkylation sites (tertiary alicyclic amines) is 1. The van der Waals surface area contributed by atoms with E-state index in [0.29, 0.717) is 38.0 Å². The highest BCUT2D eigenvalue weighted by Crippen LogP contribution is 2.44. The highest BCUT2D eigenvalue weighted by molar-refractivity contribution is 6.02. The normalized spacial score (nSPS) is 20.0. The van der Waals surface area contributed by atoms with Crippen molar-refractivity contribution in [1.29, 1.82) is 0 Å². The molecule has 1 unspecified atom stereocenters. The molecule has 0 saturated carbocycles. The van der Waals surface area contributed by atoms with Crippen LogP contribution in [0.2, 0.25) is 0 Å². The average molecular weight is 473 g/mol. The maximum Gasteiger partial charge on any atom is 0.306 e. The van der Waals surface area contributed by atoms with Crippen LogP contribution in [0.1, 0.15) is 40.6 Å². The quantitative estimate of drug-likeness (QED) is 0.633. The van der Waals surface area contributed by atoms with Crippen molar-refractivity contribution in [2.75, 3.05) is 31.6 Å². The standard InChI is InChI=1S/C27H28N4O4/c1-28-21-8-4-3-7-20(21)26(33)30-15-12-19-18-6-2-5-9-22(18)31(24(19)25(28)30)16-23(32)29-13-10-17(11-14-29)27(34)35/h2-9,17,25H,10-16H2,1H3,(H,34,35). The molecular weight excluding hydrogens is 444 g/mol. The number of nitrogens with zero attached hydrogens (tertiary/aromatic N) is 4. The van der Waals surface area contributed by atoms with Gasteiger partial charge in [-0.15, -0.1) is 0 Å². The third-order valence-corrected chi connectivity index (χ3v) is 7.89. The highest BCUT2D eigenvalue weighted by atomic mass is 16.4. The van der Waals surface area contributed by atoms with Crippen molar-refractivity contribution in [2.24, 2.45) is 5.92 Å². The van der Waals surface area contributed by atoms with Crippen LogP contribution < -0.4 is 4.90 Å². The second kappa shape index (κ2) is 8.15. The van der Waals surface area contributed by atoms with Crippen LogP contribution in [0.15, 0.2) is 48.5 Å². The molecule has 1 atom stereocenters. The Hall–Kier alpha value is -3.81. The Morgan fingerprint density at radius 2 is 1.71 bits per heavy atom. The fourth-order valence-electron chi connectivity index (χ4n) is 6.09. The van der Waals surface area contributed by atoms with Gasteiger partial charge in [-0.1, -0.05) is 30.3 Å². The van der Waals surface area contributed by atoms with E-state index in [0.717, 1.165) is 28.7 Å². The predicted octanol–water partition coefficient (Wildman–Crippen LogP) is 3.11. The number of rotatable bonds is 3. The van der Waals surface area contributed by atoms with Crippen molar-refractivity contribution in [3.05, 3.63) is 65.4 Å². The number of hydrogen-bond acceptors (Lipinski definition) is 4. The van der Waals surface area contributed by atoms with E-state index in [9.17, 15) is 19.5 Å². The van der Waals surface area contributed by atoms with Gasteiger partial charge in [0.2, 0.25) is 5.91 Å². The number of piperidine rings is 1. The molecular formula is C27H28N4O4. The van der Waals surface area contributed by atoms with Crippen molar-refractivity contribution >= 4 is 34.4 Å². The molecule has 8 nitrogen and oxygen atoms in total. The molecule has 1 aromatic heterocycles. The van der Waals surface area contributed by atoms with Gasteiger partial charge < -0.3 is 24.4 Å². The molecule has 0 radical (unpaired) electrons. The summed E-state index contributed by atoms with van der Waals surface area (Å²) in [4.78, 5) is 44.1. The van der Waals surface area contributed by atoms with Crippen molar-refractivity contribution in [3.63, 3.8) is 0 Å². The van der Waals surface area contributed by atoms with Crippen LogP contribution in [0.4, 0.5) is 5.69 Å². The minimum absolute atomic E-state index is 0.0142. The predicted molar refractivity (Wildman–Crippen MR) is 131 cm³/mol. The lowest BCUT2D eigenvalue weighted by molar-refractivity contribution is -0.145. The summed E-state index contributed by atoms with van der Waals surface area (Å²) in [6, 6.07) is 15.8. The molecule has 1 N–H and O–H groups in total. The summed E-state index contributed by atoms with van der Waals surface area (Å²) >= 11 is 0. The monoisotopic (exact) mass is 472 g/mol. The third kappa shape index (κ3) is 3.31. The molecule has 6 rings (SSSR count). The molecule has 0 spiro atoms. The topological polar surface area (TPSA) is 86.1 Å². The largest absolute Gasteiger partial charge is 0.481 e. The third-order valence-electron chi connectivity index (χ3n) is 7.89. The zero-order valence-electron chi connectivity index (χ0n) is 19.7. The lowest BCUT2D eigenvalue weighted by Gasteiger charge is -2.46. The maximum absolute atomic E-state index is 13.5. The Morgan fingerprint density at radius 1 is 1.00 bits per heavy atom. The van der Waals surface area contributed by atoms with Gasteiger partial charge in [0.05, 0.1) is 22.9 Å². The van der Waals surface area contributed by atoms with Crippen molar-refractivity contribution in [1.82, 2.24) is 14.4 Å². The van der Waals surface area contributed by atoms with Gasteiger partial charge in [0.15, 0.2) is 0 Å². The Balaban J connectivity index is 1.41. The number of amides is 2. The summed E-state index contributed by atoms with van der Waals surface area (Å²) in [6.45, 7) is 1.71. The van der Waals surface area contributed by atoms with Crippen molar-refractivity contribution in [3.8, 4) is 0 Å². The molecule has 8 heteroatoms. The summed E-state index contributed by atoms with van der Waals surface area (Å²) in [6.07, 6.45) is 1.41. The molecule has 2 aromatic carbocycles. The number of fused-ring (bicyclic) bond motifs is 6. The second-order valence-corrected chi connectivity index (χ2v) is 9.71. The first-order valence-electron chi connectivity index (χ1n) is 12.2. The van der Waals surface area contributed by atoms with E-state index >= 15 is 0 Å². The average Bonchev–Trinajstić information content (AvgIpc) is 3.20. The number of carboxylic acids is 1. The first-order chi connectivity index (χ1) is 17.0. The minimum atomic E-state index is -0.784. The van der Waals surface area contributed by atoms with Crippen LogP contribution in [0.5, 0.6) is 0 Å². The molecule has 180 valence electrons. The molecule has 0 aliphatic carbocycles. The smallest absolute Gasteiger partial charge is 0.306 e. The summed E-state index contributed by atoms with van der Waals surface area (Å²) in [7, 11) is 2.01. The number of aliphatic carboxylic acids is 1. The first kappa shape index (κ1) is 21.7. The zero-order chi connectivity index (χ0) is 24.3. The molecule has 3 aliphatic rings. The van der Waals surface area contributed by atoms with Crippen LogP contribution in [0.25, 0.3) is 10.9 Å². The molecule has 3 aromatic rings. The lowest BCUT2D eigenvalue weighted by atomic mass is 9.96. The van der Waals surface area contributed by atoms with Gasteiger partial charge in [0.1, 0.15) is 12.7 Å². The summed E-state index contributed by atoms with van der Waals surface area (Å²) in [5.74, 6) is -1.16. The number of benzene rings is 2. The number of carbonyl (C=O) groups excluding carboxylic acids is 2. The van der Waals surface area contributed by atoms with Crippen LogP contribution >= 0.6 is 0 Å². The van der Waals surface area contributed by atoms with E-state index in [1.807, 2.05) is 54.4 Å². The summed E-state index contributed by atoms with van der Waals surface area (Å²) in [5.41, 5.74) is 4.78. The number of hydrogen-bond donors (Lipinski definition) is 1.